The highest BCUT2D eigenvalue weighted by Gasteiger charge is 2.21. The zero-order valence-electron chi connectivity index (χ0n) is 16.7. The molecule has 0 radical (unpaired) electrons. The molecule has 1 aliphatic heterocycles. The van der Waals surface area contributed by atoms with Crippen molar-refractivity contribution in [2.75, 3.05) is 26.3 Å². The average molecular weight is 389 g/mol. The van der Waals surface area contributed by atoms with Crippen molar-refractivity contribution in [3.8, 4) is 17.4 Å². The highest BCUT2D eigenvalue weighted by atomic mass is 16.5. The Balaban J connectivity index is 1.33. The fraction of sp³-hybridized carbons (Fsp3) is 0.571. The van der Waals surface area contributed by atoms with E-state index in [4.69, 9.17) is 9.47 Å². The van der Waals surface area contributed by atoms with Crippen LogP contribution >= 0.6 is 0 Å². The van der Waals surface area contributed by atoms with Gasteiger partial charge in [-0.3, -0.25) is 9.13 Å². The first kappa shape index (κ1) is 20.3. The number of para-hydroxylation sites is 2. The number of nitrogens with zero attached hydrogens (tertiary/aromatic N) is 2. The molecule has 0 unspecified atom stereocenters. The number of nitrogens with one attached hydrogen (secondary N) is 1. The number of hydrogen-bond acceptors (Lipinski definition) is 5. The Morgan fingerprint density at radius 2 is 1.89 bits per heavy atom. The molecule has 0 fully saturated rings. The Kier molecular flexibility index (Phi) is 7.42. The average Bonchev–Trinajstić information content (AvgIpc) is 2.96. The third-order valence-electron chi connectivity index (χ3n) is 5.02. The molecule has 1 aliphatic rings. The van der Waals surface area contributed by atoms with Crippen LogP contribution in [0.2, 0.25) is 0 Å². The van der Waals surface area contributed by atoms with Crippen molar-refractivity contribution < 1.29 is 14.6 Å². The van der Waals surface area contributed by atoms with Crippen LogP contribution in [0, 0.1) is 0 Å². The SMILES string of the molecule is CCOc1ccccc1OCCNCCCCn1c(O)c2n(c1=O)CCCC2. The topological polar surface area (TPSA) is 77.7 Å². The summed E-state index contributed by atoms with van der Waals surface area (Å²) in [4.78, 5) is 12.4. The second-order valence-electron chi connectivity index (χ2n) is 7.00. The van der Waals surface area contributed by atoms with E-state index in [2.05, 4.69) is 5.32 Å². The van der Waals surface area contributed by atoms with Gasteiger partial charge in [-0.05, 0) is 57.7 Å². The molecule has 0 atom stereocenters. The summed E-state index contributed by atoms with van der Waals surface area (Å²) in [6.07, 6.45) is 4.62. The van der Waals surface area contributed by atoms with E-state index < -0.39 is 0 Å². The first-order valence-electron chi connectivity index (χ1n) is 10.3. The van der Waals surface area contributed by atoms with Gasteiger partial charge in [0.25, 0.3) is 0 Å². The Hall–Kier alpha value is -2.41. The number of imidazole rings is 1. The largest absolute Gasteiger partial charge is 0.493 e. The molecule has 2 aromatic rings. The van der Waals surface area contributed by atoms with Crippen LogP contribution in [0.1, 0.15) is 38.3 Å². The van der Waals surface area contributed by atoms with Gasteiger partial charge in [0.2, 0.25) is 5.88 Å². The number of aromatic nitrogens is 2. The van der Waals surface area contributed by atoms with Crippen LogP contribution < -0.4 is 20.5 Å². The maximum Gasteiger partial charge on any atom is 0.331 e. The summed E-state index contributed by atoms with van der Waals surface area (Å²) in [5.74, 6) is 1.70. The normalized spacial score (nSPS) is 13.3. The molecule has 0 saturated heterocycles. The Morgan fingerprint density at radius 3 is 2.64 bits per heavy atom. The molecule has 7 nitrogen and oxygen atoms in total. The predicted molar refractivity (Wildman–Crippen MR) is 109 cm³/mol. The van der Waals surface area contributed by atoms with Crippen LogP contribution in [0.25, 0.3) is 0 Å². The summed E-state index contributed by atoms with van der Waals surface area (Å²) in [5, 5.41) is 13.6. The van der Waals surface area contributed by atoms with Crippen molar-refractivity contribution in [3.05, 3.63) is 40.4 Å². The number of rotatable bonds is 11. The molecular formula is C21H31N3O4. The van der Waals surface area contributed by atoms with Crippen molar-refractivity contribution in [1.29, 1.82) is 0 Å². The maximum atomic E-state index is 12.4. The summed E-state index contributed by atoms with van der Waals surface area (Å²) < 4.78 is 14.6. The van der Waals surface area contributed by atoms with Gasteiger partial charge < -0.3 is 19.9 Å². The molecule has 0 saturated carbocycles. The summed E-state index contributed by atoms with van der Waals surface area (Å²) in [7, 11) is 0. The van der Waals surface area contributed by atoms with E-state index in [1.165, 1.54) is 4.57 Å². The van der Waals surface area contributed by atoms with Crippen LogP contribution in [-0.4, -0.2) is 40.5 Å². The molecular weight excluding hydrogens is 358 g/mol. The number of unbranched alkanes of at least 4 members (excludes halogenated alkanes) is 1. The molecule has 1 aromatic carbocycles. The lowest BCUT2D eigenvalue weighted by atomic mass is 10.1. The molecule has 0 amide bonds. The first-order chi connectivity index (χ1) is 13.7. The number of aromatic hydroxyl groups is 1. The third-order valence-corrected chi connectivity index (χ3v) is 5.02. The van der Waals surface area contributed by atoms with Crippen molar-refractivity contribution in [2.45, 2.75) is 52.1 Å². The van der Waals surface area contributed by atoms with Gasteiger partial charge in [0.15, 0.2) is 11.5 Å². The van der Waals surface area contributed by atoms with E-state index in [-0.39, 0.29) is 11.6 Å². The zero-order valence-corrected chi connectivity index (χ0v) is 16.7. The minimum Gasteiger partial charge on any atom is -0.493 e. The fourth-order valence-corrected chi connectivity index (χ4v) is 3.59. The van der Waals surface area contributed by atoms with Gasteiger partial charge in [0, 0.05) is 19.6 Å². The molecule has 3 rings (SSSR count). The van der Waals surface area contributed by atoms with E-state index in [1.807, 2.05) is 31.2 Å². The lowest BCUT2D eigenvalue weighted by molar-refractivity contribution is 0.275. The quantitative estimate of drug-likeness (QED) is 0.578. The zero-order chi connectivity index (χ0) is 19.8. The highest BCUT2D eigenvalue weighted by molar-refractivity contribution is 5.39. The Bertz CT molecular complexity index is 812. The van der Waals surface area contributed by atoms with E-state index in [0.29, 0.717) is 19.8 Å². The number of hydrogen-bond donors (Lipinski definition) is 2. The molecule has 154 valence electrons. The lowest BCUT2D eigenvalue weighted by Crippen LogP contribution is -2.27. The molecule has 0 aliphatic carbocycles. The van der Waals surface area contributed by atoms with Crippen LogP contribution in [0.5, 0.6) is 17.4 Å². The molecule has 1 aromatic heterocycles. The predicted octanol–water partition coefficient (Wildman–Crippen LogP) is 2.54. The van der Waals surface area contributed by atoms with E-state index in [9.17, 15) is 9.90 Å². The van der Waals surface area contributed by atoms with Crippen molar-refractivity contribution >= 4 is 0 Å². The summed E-state index contributed by atoms with van der Waals surface area (Å²) in [6.45, 7) is 6.01. The van der Waals surface area contributed by atoms with Gasteiger partial charge in [0.1, 0.15) is 6.61 Å². The molecule has 0 spiro atoms. The lowest BCUT2D eigenvalue weighted by Gasteiger charge is -2.12. The van der Waals surface area contributed by atoms with E-state index >= 15 is 0 Å². The van der Waals surface area contributed by atoms with E-state index in [0.717, 1.165) is 68.9 Å². The van der Waals surface area contributed by atoms with Crippen LogP contribution in [0.3, 0.4) is 0 Å². The smallest absolute Gasteiger partial charge is 0.331 e. The van der Waals surface area contributed by atoms with Gasteiger partial charge in [0.05, 0.1) is 12.3 Å². The minimum atomic E-state index is -0.0680. The third kappa shape index (κ3) is 4.90. The van der Waals surface area contributed by atoms with Crippen LogP contribution in [-0.2, 0) is 19.5 Å². The second kappa shape index (κ2) is 10.2. The number of benzene rings is 1. The fourth-order valence-electron chi connectivity index (χ4n) is 3.59. The maximum absolute atomic E-state index is 12.4. The van der Waals surface area contributed by atoms with Gasteiger partial charge in [-0.15, -0.1) is 0 Å². The summed E-state index contributed by atoms with van der Waals surface area (Å²) in [6, 6.07) is 7.68. The minimum absolute atomic E-state index is 0.0680. The molecule has 0 bridgehead atoms. The Labute approximate surface area is 165 Å². The highest BCUT2D eigenvalue weighted by Crippen LogP contribution is 2.26. The monoisotopic (exact) mass is 389 g/mol. The van der Waals surface area contributed by atoms with Gasteiger partial charge in [-0.1, -0.05) is 12.1 Å². The second-order valence-corrected chi connectivity index (χ2v) is 7.00. The first-order valence-corrected chi connectivity index (χ1v) is 10.3. The van der Waals surface area contributed by atoms with Gasteiger partial charge in [-0.25, -0.2) is 4.79 Å². The standard InChI is InChI=1S/C21H31N3O4/c1-2-27-18-10-3-4-11-19(18)28-16-13-22-12-6-8-15-24-20(25)17-9-5-7-14-23(17)21(24)26/h3-4,10-11,22,25H,2,5-9,12-16H2,1H3. The number of fused-ring (bicyclic) bond motifs is 1. The van der Waals surface area contributed by atoms with Crippen molar-refractivity contribution in [3.63, 3.8) is 0 Å². The van der Waals surface area contributed by atoms with Crippen molar-refractivity contribution in [1.82, 2.24) is 14.5 Å². The Morgan fingerprint density at radius 1 is 1.11 bits per heavy atom. The molecule has 2 heterocycles. The summed E-state index contributed by atoms with van der Waals surface area (Å²) in [5.41, 5.74) is 0.736. The number of ether oxygens (including phenoxy) is 2. The van der Waals surface area contributed by atoms with E-state index in [1.54, 1.807) is 4.57 Å². The molecule has 2 N–H and O–H groups in total. The van der Waals surface area contributed by atoms with Gasteiger partial charge >= 0.3 is 5.69 Å². The molecule has 7 heteroatoms. The van der Waals surface area contributed by atoms with Gasteiger partial charge in [-0.2, -0.15) is 0 Å². The van der Waals surface area contributed by atoms with Crippen LogP contribution in [0.4, 0.5) is 0 Å². The van der Waals surface area contributed by atoms with Crippen molar-refractivity contribution in [2.24, 2.45) is 0 Å². The summed E-state index contributed by atoms with van der Waals surface area (Å²) >= 11 is 0. The molecule has 28 heavy (non-hydrogen) atoms. The van der Waals surface area contributed by atoms with Crippen LogP contribution in [0.15, 0.2) is 29.1 Å².